The molecule has 0 spiro atoms. The fourth-order valence-electron chi connectivity index (χ4n) is 3.96. The van der Waals surface area contributed by atoms with Gasteiger partial charge in [-0.3, -0.25) is 0 Å². The number of rotatable bonds is 9. The van der Waals surface area contributed by atoms with Gasteiger partial charge >= 0.3 is 0 Å². The molecule has 4 atom stereocenters. The van der Waals surface area contributed by atoms with E-state index in [9.17, 15) is 5.11 Å². The Morgan fingerprint density at radius 2 is 1.41 bits per heavy atom. The average molecular weight is 369 g/mol. The predicted octanol–water partition coefficient (Wildman–Crippen LogP) is 4.98. The molecule has 2 aromatic rings. The number of hydrogen-bond donors (Lipinski definition) is 1. The summed E-state index contributed by atoms with van der Waals surface area (Å²) in [7, 11) is 0. The highest BCUT2D eigenvalue weighted by Crippen LogP contribution is 2.33. The lowest BCUT2D eigenvalue weighted by Crippen LogP contribution is -2.38. The van der Waals surface area contributed by atoms with Crippen LogP contribution in [0.15, 0.2) is 60.7 Å². The third kappa shape index (κ3) is 6.46. The van der Waals surface area contributed by atoms with Crippen molar-refractivity contribution in [3.63, 3.8) is 0 Å². The minimum absolute atomic E-state index is 0.110. The van der Waals surface area contributed by atoms with Crippen LogP contribution in [-0.4, -0.2) is 23.9 Å². The highest BCUT2D eigenvalue weighted by atomic mass is 16.5. The summed E-state index contributed by atoms with van der Waals surface area (Å²) in [4.78, 5) is 0. The monoisotopic (exact) mass is 368 g/mol. The molecule has 1 aliphatic rings. The molecule has 27 heavy (non-hydrogen) atoms. The summed E-state index contributed by atoms with van der Waals surface area (Å²) in [6.07, 6.45) is 4.49. The molecule has 0 unspecified atom stereocenters. The summed E-state index contributed by atoms with van der Waals surface area (Å²) >= 11 is 0. The first-order valence-corrected chi connectivity index (χ1v) is 10.2. The summed E-state index contributed by atoms with van der Waals surface area (Å²) in [6, 6.07) is 20.7. The molecule has 1 saturated carbocycles. The van der Waals surface area contributed by atoms with E-state index in [0.29, 0.717) is 25.0 Å². The zero-order valence-electron chi connectivity index (χ0n) is 16.3. The van der Waals surface area contributed by atoms with Gasteiger partial charge in [0, 0.05) is 6.61 Å². The molecule has 3 heteroatoms. The standard InChI is InChI=1S/C24H32O3/c1-19(16-25)14-22-12-13-23(26-17-20-8-4-2-5-9-20)24(15-22)27-18-21-10-6-3-7-11-21/h2-11,19,22-25H,12-18H2,1H3/t19-,22+,23-,24-/m1/s1. The highest BCUT2D eigenvalue weighted by Gasteiger charge is 2.32. The van der Waals surface area contributed by atoms with E-state index in [1.807, 2.05) is 12.1 Å². The van der Waals surface area contributed by atoms with Crippen molar-refractivity contribution in [2.45, 2.75) is 58.0 Å². The van der Waals surface area contributed by atoms with Gasteiger partial charge in [-0.15, -0.1) is 0 Å². The maximum Gasteiger partial charge on any atom is 0.0844 e. The van der Waals surface area contributed by atoms with Crippen LogP contribution in [0.25, 0.3) is 0 Å². The van der Waals surface area contributed by atoms with Gasteiger partial charge in [0.2, 0.25) is 0 Å². The van der Waals surface area contributed by atoms with Crippen LogP contribution in [0.2, 0.25) is 0 Å². The van der Waals surface area contributed by atoms with Gasteiger partial charge in [-0.25, -0.2) is 0 Å². The molecule has 0 aromatic heterocycles. The molecule has 0 saturated heterocycles. The lowest BCUT2D eigenvalue weighted by atomic mass is 9.80. The smallest absolute Gasteiger partial charge is 0.0844 e. The van der Waals surface area contributed by atoms with Crippen molar-refractivity contribution in [3.8, 4) is 0 Å². The quantitative estimate of drug-likeness (QED) is 0.679. The minimum Gasteiger partial charge on any atom is -0.396 e. The second kappa shape index (κ2) is 10.6. The Hall–Kier alpha value is -1.68. The molecule has 1 N–H and O–H groups in total. The first kappa shape index (κ1) is 20.1. The normalized spacial score (nSPS) is 23.9. The van der Waals surface area contributed by atoms with Crippen LogP contribution in [0.3, 0.4) is 0 Å². The third-order valence-corrected chi connectivity index (χ3v) is 5.50. The lowest BCUT2D eigenvalue weighted by molar-refractivity contribution is -0.115. The van der Waals surface area contributed by atoms with Crippen LogP contribution in [-0.2, 0) is 22.7 Å². The lowest BCUT2D eigenvalue weighted by Gasteiger charge is -2.36. The van der Waals surface area contributed by atoms with E-state index in [4.69, 9.17) is 9.47 Å². The van der Waals surface area contributed by atoms with Gasteiger partial charge in [0.05, 0.1) is 25.4 Å². The Kier molecular flexibility index (Phi) is 7.88. The van der Waals surface area contributed by atoms with Gasteiger partial charge in [0.1, 0.15) is 0 Å². The molecule has 1 fully saturated rings. The van der Waals surface area contributed by atoms with E-state index >= 15 is 0 Å². The second-order valence-corrected chi connectivity index (χ2v) is 7.87. The fourth-order valence-corrected chi connectivity index (χ4v) is 3.96. The van der Waals surface area contributed by atoms with Crippen molar-refractivity contribution >= 4 is 0 Å². The topological polar surface area (TPSA) is 38.7 Å². The third-order valence-electron chi connectivity index (χ3n) is 5.50. The summed E-state index contributed by atoms with van der Waals surface area (Å²) in [5.41, 5.74) is 2.40. The van der Waals surface area contributed by atoms with Crippen molar-refractivity contribution in [1.29, 1.82) is 0 Å². The second-order valence-electron chi connectivity index (χ2n) is 7.87. The van der Waals surface area contributed by atoms with Crippen molar-refractivity contribution in [2.24, 2.45) is 11.8 Å². The van der Waals surface area contributed by atoms with Crippen molar-refractivity contribution in [2.75, 3.05) is 6.61 Å². The van der Waals surface area contributed by atoms with Crippen molar-refractivity contribution < 1.29 is 14.6 Å². The Labute approximate surface area is 163 Å². The minimum atomic E-state index is 0.110. The molecule has 2 aromatic carbocycles. The first-order valence-electron chi connectivity index (χ1n) is 10.2. The largest absolute Gasteiger partial charge is 0.396 e. The van der Waals surface area contributed by atoms with Gasteiger partial charge in [0.25, 0.3) is 0 Å². The molecule has 146 valence electrons. The first-order chi connectivity index (χ1) is 13.2. The number of ether oxygens (including phenoxy) is 2. The molecule has 0 aliphatic heterocycles. The molecule has 0 amide bonds. The van der Waals surface area contributed by atoms with Crippen molar-refractivity contribution in [1.82, 2.24) is 0 Å². The number of benzene rings is 2. The van der Waals surface area contributed by atoms with Gasteiger partial charge in [-0.2, -0.15) is 0 Å². The van der Waals surface area contributed by atoms with Crippen LogP contribution in [0.1, 0.15) is 43.7 Å². The summed E-state index contributed by atoms with van der Waals surface area (Å²) in [5.74, 6) is 0.955. The predicted molar refractivity (Wildman–Crippen MR) is 108 cm³/mol. The Morgan fingerprint density at radius 1 is 0.852 bits per heavy atom. The molecule has 0 heterocycles. The van der Waals surface area contributed by atoms with E-state index in [1.54, 1.807) is 0 Å². The maximum atomic E-state index is 9.39. The molecule has 3 rings (SSSR count). The van der Waals surface area contributed by atoms with Crippen LogP contribution in [0.5, 0.6) is 0 Å². The number of aliphatic hydroxyl groups is 1. The van der Waals surface area contributed by atoms with Gasteiger partial charge < -0.3 is 14.6 Å². The zero-order chi connectivity index (χ0) is 18.9. The Morgan fingerprint density at radius 3 is 1.96 bits per heavy atom. The van der Waals surface area contributed by atoms with Gasteiger partial charge in [-0.05, 0) is 48.6 Å². The summed E-state index contributed by atoms with van der Waals surface area (Å²) in [5, 5.41) is 9.39. The van der Waals surface area contributed by atoms with E-state index < -0.39 is 0 Å². The average Bonchev–Trinajstić information content (AvgIpc) is 2.73. The molecule has 1 aliphatic carbocycles. The van der Waals surface area contributed by atoms with E-state index in [0.717, 1.165) is 25.7 Å². The number of aliphatic hydroxyl groups excluding tert-OH is 1. The zero-order valence-corrected chi connectivity index (χ0v) is 16.3. The van der Waals surface area contributed by atoms with Crippen molar-refractivity contribution in [3.05, 3.63) is 71.8 Å². The van der Waals surface area contributed by atoms with E-state index in [-0.39, 0.29) is 18.8 Å². The molecular weight excluding hydrogens is 336 g/mol. The Balaban J connectivity index is 1.59. The van der Waals surface area contributed by atoms with E-state index in [2.05, 4.69) is 55.5 Å². The summed E-state index contributed by atoms with van der Waals surface area (Å²) in [6.45, 7) is 3.64. The highest BCUT2D eigenvalue weighted by molar-refractivity contribution is 5.14. The summed E-state index contributed by atoms with van der Waals surface area (Å²) < 4.78 is 12.6. The molecule has 3 nitrogen and oxygen atoms in total. The Bertz CT molecular complexity index is 643. The van der Waals surface area contributed by atoms with Crippen LogP contribution in [0.4, 0.5) is 0 Å². The molecule has 0 bridgehead atoms. The van der Waals surface area contributed by atoms with Gasteiger partial charge in [0.15, 0.2) is 0 Å². The fraction of sp³-hybridized carbons (Fsp3) is 0.500. The maximum absolute atomic E-state index is 9.39. The SMILES string of the molecule is C[C@@H](CO)C[C@@H]1CC[C@@H](OCc2ccccc2)[C@H](OCc2ccccc2)C1. The van der Waals surface area contributed by atoms with Crippen LogP contribution >= 0.6 is 0 Å². The van der Waals surface area contributed by atoms with Crippen LogP contribution < -0.4 is 0 Å². The van der Waals surface area contributed by atoms with E-state index in [1.165, 1.54) is 11.1 Å². The van der Waals surface area contributed by atoms with Crippen LogP contribution in [0, 0.1) is 11.8 Å². The number of hydrogen-bond acceptors (Lipinski definition) is 3. The molecule has 0 radical (unpaired) electrons. The van der Waals surface area contributed by atoms with Gasteiger partial charge in [-0.1, -0.05) is 67.6 Å². The molecular formula is C24H32O3.